The summed E-state index contributed by atoms with van der Waals surface area (Å²) in [5.41, 5.74) is 5.22. The third kappa shape index (κ3) is 2.55. The molecule has 0 bridgehead atoms. The van der Waals surface area contributed by atoms with Gasteiger partial charge in [-0.25, -0.2) is 4.79 Å². The fourth-order valence-corrected chi connectivity index (χ4v) is 0.509. The number of nitrogens with two attached hydrogens (primary N) is 1. The second-order valence-electron chi connectivity index (χ2n) is 2.31. The monoisotopic (exact) mass is 160 g/mol. The van der Waals surface area contributed by atoms with Gasteiger partial charge in [-0.2, -0.15) is 0 Å². The van der Waals surface area contributed by atoms with Crippen molar-refractivity contribution in [1.82, 2.24) is 4.90 Å². The van der Waals surface area contributed by atoms with Crippen molar-refractivity contribution in [2.75, 3.05) is 13.6 Å². The maximum atomic E-state index is 10.7. The topological polar surface area (TPSA) is 83.6 Å². The van der Waals surface area contributed by atoms with Crippen LogP contribution < -0.4 is 5.73 Å². The van der Waals surface area contributed by atoms with E-state index in [1.165, 1.54) is 7.05 Å². The highest BCUT2D eigenvalue weighted by Crippen LogP contribution is 1.93. The first-order valence-corrected chi connectivity index (χ1v) is 3.20. The smallest absolute Gasteiger partial charge is 0.394 e. The van der Waals surface area contributed by atoms with Gasteiger partial charge >= 0.3 is 11.9 Å². The van der Waals surface area contributed by atoms with Gasteiger partial charge in [0.1, 0.15) is 0 Å². The molecular weight excluding hydrogens is 148 g/mol. The van der Waals surface area contributed by atoms with Crippen LogP contribution in [0.1, 0.15) is 6.92 Å². The predicted octanol–water partition coefficient (Wildman–Crippen LogP) is -1.12. The quantitative estimate of drug-likeness (QED) is 0.501. The van der Waals surface area contributed by atoms with E-state index in [0.717, 1.165) is 4.90 Å². The van der Waals surface area contributed by atoms with Gasteiger partial charge < -0.3 is 15.7 Å². The van der Waals surface area contributed by atoms with Crippen molar-refractivity contribution in [3.63, 3.8) is 0 Å². The molecule has 11 heavy (non-hydrogen) atoms. The molecule has 0 aliphatic heterocycles. The Hall–Kier alpha value is -1.10. The zero-order chi connectivity index (χ0) is 9.02. The zero-order valence-corrected chi connectivity index (χ0v) is 6.57. The van der Waals surface area contributed by atoms with Crippen LogP contribution in [-0.2, 0) is 9.59 Å². The summed E-state index contributed by atoms with van der Waals surface area (Å²) in [5, 5.41) is 8.26. The van der Waals surface area contributed by atoms with E-state index in [-0.39, 0.29) is 12.6 Å². The molecule has 1 unspecified atom stereocenters. The number of carbonyl (C=O) groups excluding carboxylic acids is 1. The fourth-order valence-electron chi connectivity index (χ4n) is 0.509. The van der Waals surface area contributed by atoms with Crippen molar-refractivity contribution in [3.05, 3.63) is 0 Å². The first kappa shape index (κ1) is 9.90. The van der Waals surface area contributed by atoms with Crippen LogP contribution in [0, 0.1) is 0 Å². The largest absolute Gasteiger partial charge is 0.474 e. The first-order valence-electron chi connectivity index (χ1n) is 3.20. The van der Waals surface area contributed by atoms with Crippen LogP contribution in [0.4, 0.5) is 0 Å². The highest BCUT2D eigenvalue weighted by atomic mass is 16.4. The molecule has 0 aromatic rings. The van der Waals surface area contributed by atoms with Crippen LogP contribution in [0.15, 0.2) is 0 Å². The number of hydrogen-bond acceptors (Lipinski definition) is 3. The molecule has 0 spiro atoms. The van der Waals surface area contributed by atoms with Crippen molar-refractivity contribution >= 4 is 11.9 Å². The lowest BCUT2D eigenvalue weighted by molar-refractivity contribution is -0.156. The number of amides is 1. The summed E-state index contributed by atoms with van der Waals surface area (Å²) in [6.45, 7) is 1.94. The van der Waals surface area contributed by atoms with E-state index in [4.69, 9.17) is 10.8 Å². The Labute approximate surface area is 64.8 Å². The van der Waals surface area contributed by atoms with E-state index in [2.05, 4.69) is 0 Å². The van der Waals surface area contributed by atoms with Gasteiger partial charge in [-0.05, 0) is 6.92 Å². The van der Waals surface area contributed by atoms with Crippen LogP contribution in [0.25, 0.3) is 0 Å². The minimum absolute atomic E-state index is 0.237. The van der Waals surface area contributed by atoms with Crippen molar-refractivity contribution < 1.29 is 14.7 Å². The van der Waals surface area contributed by atoms with E-state index >= 15 is 0 Å². The van der Waals surface area contributed by atoms with E-state index in [0.29, 0.717) is 0 Å². The number of hydrogen-bond donors (Lipinski definition) is 2. The van der Waals surface area contributed by atoms with Crippen LogP contribution >= 0.6 is 0 Å². The zero-order valence-electron chi connectivity index (χ0n) is 6.57. The molecule has 0 radical (unpaired) electrons. The van der Waals surface area contributed by atoms with Crippen LogP contribution in [0.2, 0.25) is 0 Å². The number of rotatable bonds is 2. The molecule has 0 rings (SSSR count). The Morgan fingerprint density at radius 2 is 2.09 bits per heavy atom. The normalized spacial score (nSPS) is 12.3. The minimum atomic E-state index is -1.45. The molecule has 0 heterocycles. The van der Waals surface area contributed by atoms with Gasteiger partial charge in [0.25, 0.3) is 0 Å². The maximum Gasteiger partial charge on any atom is 0.394 e. The molecular formula is C6H12N2O3. The Morgan fingerprint density at radius 3 is 2.36 bits per heavy atom. The number of likely N-dealkylation sites (N-methyl/N-ethyl adjacent to an activating group) is 1. The van der Waals surface area contributed by atoms with E-state index in [1.807, 2.05) is 0 Å². The van der Waals surface area contributed by atoms with Gasteiger partial charge in [0.15, 0.2) is 0 Å². The lowest BCUT2D eigenvalue weighted by Crippen LogP contribution is -2.43. The summed E-state index contributed by atoms with van der Waals surface area (Å²) >= 11 is 0. The highest BCUT2D eigenvalue weighted by molar-refractivity contribution is 6.31. The molecule has 3 N–H and O–H groups in total. The predicted molar refractivity (Wildman–Crippen MR) is 38.9 cm³/mol. The van der Waals surface area contributed by atoms with Gasteiger partial charge in [0, 0.05) is 19.6 Å². The second-order valence-corrected chi connectivity index (χ2v) is 2.31. The molecule has 1 atom stereocenters. The van der Waals surface area contributed by atoms with Crippen molar-refractivity contribution in [3.8, 4) is 0 Å². The van der Waals surface area contributed by atoms with Gasteiger partial charge in [-0.1, -0.05) is 0 Å². The molecule has 5 nitrogen and oxygen atoms in total. The molecule has 0 aromatic heterocycles. The second kappa shape index (κ2) is 3.92. The Balaban J connectivity index is 4.13. The van der Waals surface area contributed by atoms with E-state index in [9.17, 15) is 9.59 Å². The molecule has 0 fully saturated rings. The number of carbonyl (C=O) groups is 2. The Kier molecular flexibility index (Phi) is 3.53. The third-order valence-corrected chi connectivity index (χ3v) is 1.51. The maximum absolute atomic E-state index is 10.7. The third-order valence-electron chi connectivity index (χ3n) is 1.51. The van der Waals surface area contributed by atoms with E-state index in [1.54, 1.807) is 6.92 Å². The summed E-state index contributed by atoms with van der Waals surface area (Å²) in [4.78, 5) is 21.9. The van der Waals surface area contributed by atoms with Crippen molar-refractivity contribution in [1.29, 1.82) is 0 Å². The molecule has 0 saturated carbocycles. The SMILES string of the molecule is CC(CN)N(C)C(=O)C(=O)O. The molecule has 0 aliphatic carbocycles. The average molecular weight is 160 g/mol. The molecule has 0 aromatic carbocycles. The minimum Gasteiger partial charge on any atom is -0.474 e. The van der Waals surface area contributed by atoms with Crippen molar-refractivity contribution in [2.24, 2.45) is 5.73 Å². The molecule has 5 heteroatoms. The van der Waals surface area contributed by atoms with Crippen LogP contribution in [0.3, 0.4) is 0 Å². The number of nitrogens with zero attached hydrogens (tertiary/aromatic N) is 1. The lowest BCUT2D eigenvalue weighted by atomic mass is 10.3. The van der Waals surface area contributed by atoms with Crippen molar-refractivity contribution in [2.45, 2.75) is 13.0 Å². The standard InChI is InChI=1S/C6H12N2O3/c1-4(3-7)8(2)5(9)6(10)11/h4H,3,7H2,1-2H3,(H,10,11). The molecule has 0 aliphatic rings. The Bertz CT molecular complexity index is 169. The van der Waals surface area contributed by atoms with Crippen LogP contribution in [-0.4, -0.2) is 41.5 Å². The molecule has 1 amide bonds. The van der Waals surface area contributed by atoms with E-state index < -0.39 is 11.9 Å². The van der Waals surface area contributed by atoms with Gasteiger partial charge in [0.05, 0.1) is 0 Å². The summed E-state index contributed by atoms with van der Waals surface area (Å²) in [7, 11) is 1.41. The highest BCUT2D eigenvalue weighted by Gasteiger charge is 2.20. The van der Waals surface area contributed by atoms with Gasteiger partial charge in [0.2, 0.25) is 0 Å². The number of aliphatic carboxylic acids is 1. The van der Waals surface area contributed by atoms with Gasteiger partial charge in [-0.3, -0.25) is 4.79 Å². The summed E-state index contributed by atoms with van der Waals surface area (Å²) in [6, 6.07) is -0.237. The number of carboxylic acid groups (broad SMARTS) is 1. The average Bonchev–Trinajstić information content (AvgIpc) is 2.00. The fraction of sp³-hybridized carbons (Fsp3) is 0.667. The first-order chi connectivity index (χ1) is 5.00. The van der Waals surface area contributed by atoms with Crippen LogP contribution in [0.5, 0.6) is 0 Å². The number of carboxylic acids is 1. The van der Waals surface area contributed by atoms with Gasteiger partial charge in [-0.15, -0.1) is 0 Å². The summed E-state index contributed by atoms with van der Waals surface area (Å²) < 4.78 is 0. The Morgan fingerprint density at radius 1 is 1.64 bits per heavy atom. The molecule has 0 saturated heterocycles. The summed E-state index contributed by atoms with van der Waals surface area (Å²) in [6.07, 6.45) is 0. The summed E-state index contributed by atoms with van der Waals surface area (Å²) in [5.74, 6) is -2.38. The molecule has 64 valence electrons. The lowest BCUT2D eigenvalue weighted by Gasteiger charge is -2.20.